The number of aliphatic hydroxyl groups is 1. The lowest BCUT2D eigenvalue weighted by Crippen LogP contribution is -2.26. The van der Waals surface area contributed by atoms with Crippen molar-refractivity contribution in [3.63, 3.8) is 0 Å². The fraction of sp³-hybridized carbons (Fsp3) is 0.200. The predicted octanol–water partition coefficient (Wildman–Crippen LogP) is 0.554. The quantitative estimate of drug-likeness (QED) is 0.740. The van der Waals surface area contributed by atoms with Gasteiger partial charge in [-0.05, 0) is 6.07 Å². The first-order valence-corrected chi connectivity index (χ1v) is 4.33. The molecule has 1 aromatic carbocycles. The number of benzene rings is 1. The molecule has 0 atom stereocenters. The van der Waals surface area contributed by atoms with Gasteiger partial charge in [-0.3, -0.25) is 14.7 Å². The highest BCUT2D eigenvalue weighted by Crippen LogP contribution is 2.20. The third-order valence-electron chi connectivity index (χ3n) is 2.11. The molecule has 4 heteroatoms. The number of carbonyl (C=O) groups excluding carboxylic acids is 1. The number of para-hydroxylation sites is 1. The number of anilines is 1. The summed E-state index contributed by atoms with van der Waals surface area (Å²) in [5.74, 6) is -0.0640. The molecule has 0 aliphatic carbocycles. The molecule has 1 aliphatic heterocycles. The molecule has 1 aliphatic rings. The van der Waals surface area contributed by atoms with Gasteiger partial charge in [0.05, 0.1) is 18.6 Å². The highest BCUT2D eigenvalue weighted by atomic mass is 16.3. The molecule has 14 heavy (non-hydrogen) atoms. The van der Waals surface area contributed by atoms with Crippen molar-refractivity contribution in [3.8, 4) is 0 Å². The number of hydrogen-bond donors (Lipinski definition) is 1. The van der Waals surface area contributed by atoms with Crippen molar-refractivity contribution in [1.29, 1.82) is 0 Å². The first kappa shape index (κ1) is 8.90. The first-order chi connectivity index (χ1) is 6.83. The molecule has 1 amide bonds. The van der Waals surface area contributed by atoms with Crippen molar-refractivity contribution in [2.75, 3.05) is 11.4 Å². The van der Waals surface area contributed by atoms with E-state index in [0.717, 1.165) is 5.56 Å². The van der Waals surface area contributed by atoms with Gasteiger partial charge in [-0.25, -0.2) is 0 Å². The molecule has 0 saturated heterocycles. The van der Waals surface area contributed by atoms with E-state index in [0.29, 0.717) is 5.69 Å². The largest absolute Gasteiger partial charge is 0.392 e. The van der Waals surface area contributed by atoms with E-state index in [1.807, 2.05) is 12.1 Å². The Labute approximate surface area is 81.5 Å². The number of aliphatic imine (C=N–C) groups is 1. The van der Waals surface area contributed by atoms with Crippen LogP contribution in [0.15, 0.2) is 29.3 Å². The maximum Gasteiger partial charge on any atom is 0.253 e. The van der Waals surface area contributed by atoms with Gasteiger partial charge in [-0.1, -0.05) is 18.2 Å². The average Bonchev–Trinajstić information content (AvgIpc) is 2.64. The first-order valence-electron chi connectivity index (χ1n) is 4.33. The summed E-state index contributed by atoms with van der Waals surface area (Å²) in [7, 11) is 0. The van der Waals surface area contributed by atoms with Crippen LogP contribution in [0.4, 0.5) is 5.69 Å². The van der Waals surface area contributed by atoms with Crippen LogP contribution in [0, 0.1) is 0 Å². The number of carbonyl (C=O) groups is 1. The number of aliphatic hydroxyl groups excluding tert-OH is 1. The summed E-state index contributed by atoms with van der Waals surface area (Å²) >= 11 is 0. The zero-order chi connectivity index (χ0) is 9.97. The molecule has 1 N–H and O–H groups in total. The second-order valence-corrected chi connectivity index (χ2v) is 3.01. The zero-order valence-corrected chi connectivity index (χ0v) is 7.55. The van der Waals surface area contributed by atoms with E-state index >= 15 is 0 Å². The SMILES string of the molecule is O=C1CN=CN1c1ccccc1CO. The number of nitrogens with zero attached hydrogens (tertiary/aromatic N) is 2. The molecule has 0 aromatic heterocycles. The highest BCUT2D eigenvalue weighted by Gasteiger charge is 2.19. The Balaban J connectivity index is 2.40. The molecule has 72 valence electrons. The van der Waals surface area contributed by atoms with Crippen LogP contribution in [0.2, 0.25) is 0 Å². The summed E-state index contributed by atoms with van der Waals surface area (Å²) in [5.41, 5.74) is 1.44. The van der Waals surface area contributed by atoms with E-state index in [-0.39, 0.29) is 19.1 Å². The Kier molecular flexibility index (Phi) is 2.28. The molecule has 0 radical (unpaired) electrons. The summed E-state index contributed by atoms with van der Waals surface area (Å²) in [6.45, 7) is 0.119. The van der Waals surface area contributed by atoms with Gasteiger partial charge in [0.15, 0.2) is 0 Å². The highest BCUT2D eigenvalue weighted by molar-refractivity contribution is 6.13. The normalized spacial score (nSPS) is 15.2. The Morgan fingerprint density at radius 1 is 1.43 bits per heavy atom. The Morgan fingerprint density at radius 3 is 2.86 bits per heavy atom. The summed E-state index contributed by atoms with van der Waals surface area (Å²) in [4.78, 5) is 16.7. The monoisotopic (exact) mass is 190 g/mol. The van der Waals surface area contributed by atoms with E-state index < -0.39 is 0 Å². The minimum atomic E-state index is -0.0756. The van der Waals surface area contributed by atoms with Gasteiger partial charge >= 0.3 is 0 Å². The second-order valence-electron chi connectivity index (χ2n) is 3.01. The fourth-order valence-electron chi connectivity index (χ4n) is 1.42. The van der Waals surface area contributed by atoms with Gasteiger partial charge in [0.1, 0.15) is 6.54 Å². The van der Waals surface area contributed by atoms with Gasteiger partial charge in [0.2, 0.25) is 0 Å². The molecular formula is C10H10N2O2. The van der Waals surface area contributed by atoms with Crippen LogP contribution < -0.4 is 4.90 Å². The maximum atomic E-state index is 11.4. The Hall–Kier alpha value is -1.68. The molecule has 1 aromatic rings. The zero-order valence-electron chi connectivity index (χ0n) is 7.55. The van der Waals surface area contributed by atoms with E-state index in [1.165, 1.54) is 11.2 Å². The summed E-state index contributed by atoms with van der Waals surface area (Å²) in [5, 5.41) is 9.08. The summed E-state index contributed by atoms with van der Waals surface area (Å²) in [6.07, 6.45) is 1.50. The third-order valence-corrected chi connectivity index (χ3v) is 2.11. The van der Waals surface area contributed by atoms with Crippen LogP contribution >= 0.6 is 0 Å². The minimum Gasteiger partial charge on any atom is -0.392 e. The van der Waals surface area contributed by atoms with Gasteiger partial charge < -0.3 is 5.11 Å². The molecule has 0 spiro atoms. The van der Waals surface area contributed by atoms with Crippen LogP contribution in [0.25, 0.3) is 0 Å². The minimum absolute atomic E-state index is 0.0640. The van der Waals surface area contributed by atoms with Crippen LogP contribution in [-0.4, -0.2) is 23.9 Å². The maximum absolute atomic E-state index is 11.4. The lowest BCUT2D eigenvalue weighted by atomic mass is 10.2. The van der Waals surface area contributed by atoms with Crippen LogP contribution in [0.5, 0.6) is 0 Å². The second kappa shape index (κ2) is 3.59. The van der Waals surface area contributed by atoms with Crippen LogP contribution in [-0.2, 0) is 11.4 Å². The molecule has 0 bridgehead atoms. The van der Waals surface area contributed by atoms with Crippen LogP contribution in [0.1, 0.15) is 5.56 Å². The van der Waals surface area contributed by atoms with Gasteiger partial charge in [0, 0.05) is 5.56 Å². The van der Waals surface area contributed by atoms with E-state index in [1.54, 1.807) is 12.1 Å². The predicted molar refractivity (Wildman–Crippen MR) is 53.2 cm³/mol. The van der Waals surface area contributed by atoms with Crippen molar-refractivity contribution in [1.82, 2.24) is 0 Å². The van der Waals surface area contributed by atoms with E-state index in [4.69, 9.17) is 5.11 Å². The van der Waals surface area contributed by atoms with Crippen molar-refractivity contribution in [2.24, 2.45) is 4.99 Å². The lowest BCUT2D eigenvalue weighted by Gasteiger charge is -2.15. The van der Waals surface area contributed by atoms with Gasteiger partial charge in [-0.15, -0.1) is 0 Å². The number of amides is 1. The molecular weight excluding hydrogens is 180 g/mol. The molecule has 0 unspecified atom stereocenters. The smallest absolute Gasteiger partial charge is 0.253 e. The molecule has 4 nitrogen and oxygen atoms in total. The van der Waals surface area contributed by atoms with E-state index in [2.05, 4.69) is 4.99 Å². The fourth-order valence-corrected chi connectivity index (χ4v) is 1.42. The molecule has 0 saturated carbocycles. The molecule has 1 heterocycles. The molecule has 0 fully saturated rings. The van der Waals surface area contributed by atoms with E-state index in [9.17, 15) is 4.79 Å². The van der Waals surface area contributed by atoms with Crippen molar-refractivity contribution in [2.45, 2.75) is 6.61 Å². The van der Waals surface area contributed by atoms with Gasteiger partial charge in [-0.2, -0.15) is 0 Å². The third kappa shape index (κ3) is 1.40. The summed E-state index contributed by atoms with van der Waals surface area (Å²) in [6, 6.07) is 7.23. The average molecular weight is 190 g/mol. The standard InChI is InChI=1S/C10H10N2O2/c13-6-8-3-1-2-4-9(8)12-7-11-5-10(12)14/h1-4,7,13H,5-6H2. The number of rotatable bonds is 2. The van der Waals surface area contributed by atoms with Crippen molar-refractivity contribution < 1.29 is 9.90 Å². The topological polar surface area (TPSA) is 52.9 Å². The number of hydrogen-bond acceptors (Lipinski definition) is 3. The Morgan fingerprint density at radius 2 is 2.21 bits per heavy atom. The lowest BCUT2D eigenvalue weighted by molar-refractivity contribution is -0.115. The van der Waals surface area contributed by atoms with Crippen molar-refractivity contribution >= 4 is 17.9 Å². The Bertz CT molecular complexity index is 387. The molecule has 2 rings (SSSR count). The van der Waals surface area contributed by atoms with Gasteiger partial charge in [0.25, 0.3) is 5.91 Å². The van der Waals surface area contributed by atoms with Crippen molar-refractivity contribution in [3.05, 3.63) is 29.8 Å². The summed E-state index contributed by atoms with van der Waals surface area (Å²) < 4.78 is 0. The van der Waals surface area contributed by atoms with Crippen LogP contribution in [0.3, 0.4) is 0 Å².